The lowest BCUT2D eigenvalue weighted by atomic mass is 10.0. The third-order valence-electron chi connectivity index (χ3n) is 9.97. The highest BCUT2D eigenvalue weighted by Crippen LogP contribution is 2.46. The van der Waals surface area contributed by atoms with E-state index in [1.54, 1.807) is 6.08 Å². The molecule has 11 nitrogen and oxygen atoms in total. The zero-order valence-corrected chi connectivity index (χ0v) is 29.5. The summed E-state index contributed by atoms with van der Waals surface area (Å²) < 4.78 is 88.9. The fourth-order valence-corrected chi connectivity index (χ4v) is 9.17. The summed E-state index contributed by atoms with van der Waals surface area (Å²) >= 11 is 1.09. The number of hydrogen-bond donors (Lipinski definition) is 3. The van der Waals surface area contributed by atoms with Gasteiger partial charge in [0.25, 0.3) is 11.1 Å². The highest BCUT2D eigenvalue weighted by Gasteiger charge is 2.62. The lowest BCUT2D eigenvalue weighted by Gasteiger charge is -2.30. The van der Waals surface area contributed by atoms with Crippen LogP contribution in [0.1, 0.15) is 63.4 Å². The van der Waals surface area contributed by atoms with Gasteiger partial charge in [0.05, 0.1) is 27.6 Å². The second-order valence-corrected chi connectivity index (χ2v) is 16.8. The first-order valence-electron chi connectivity index (χ1n) is 17.2. The number of halogens is 4. The van der Waals surface area contributed by atoms with Gasteiger partial charge in [0.1, 0.15) is 29.5 Å². The Morgan fingerprint density at radius 3 is 2.65 bits per heavy atom. The molecule has 2 aromatic carbocycles. The predicted octanol–water partition coefficient (Wildman–Crippen LogP) is 5.29. The zero-order valence-electron chi connectivity index (χ0n) is 27.8. The maximum atomic E-state index is 14.4. The summed E-state index contributed by atoms with van der Waals surface area (Å²) in [6.07, 6.45) is 2.18. The molecule has 3 N–H and O–H groups in total. The van der Waals surface area contributed by atoms with Crippen LogP contribution in [0.25, 0.3) is 10.2 Å². The zero-order chi connectivity index (χ0) is 36.8. The van der Waals surface area contributed by atoms with E-state index in [4.69, 9.17) is 4.74 Å². The lowest BCUT2D eigenvalue weighted by molar-refractivity contribution is -0.140. The minimum Gasteiger partial charge on any atom is -0.465 e. The summed E-state index contributed by atoms with van der Waals surface area (Å²) in [6, 6.07) is 6.42. The number of nitrogens with zero attached hydrogens (tertiary/aromatic N) is 2. The summed E-state index contributed by atoms with van der Waals surface area (Å²) in [5.41, 5.74) is -1.87. The molecule has 7 rings (SSSR count). The minimum absolute atomic E-state index is 0.0310. The Kier molecular flexibility index (Phi) is 9.69. The van der Waals surface area contributed by atoms with Crippen LogP contribution in [0.15, 0.2) is 54.6 Å². The van der Waals surface area contributed by atoms with E-state index < -0.39 is 80.2 Å². The number of sulfonamides is 1. The molecule has 2 aliphatic heterocycles. The summed E-state index contributed by atoms with van der Waals surface area (Å²) in [7, 11) is -3.93. The second kappa shape index (κ2) is 14.0. The molecule has 3 heterocycles. The van der Waals surface area contributed by atoms with Crippen LogP contribution < -0.4 is 20.1 Å². The van der Waals surface area contributed by atoms with E-state index in [-0.39, 0.29) is 36.7 Å². The summed E-state index contributed by atoms with van der Waals surface area (Å²) in [5, 5.41) is 5.30. The van der Waals surface area contributed by atoms with E-state index in [2.05, 4.69) is 20.3 Å². The Balaban J connectivity index is 1.19. The molecule has 3 fully saturated rings. The number of anilines is 1. The van der Waals surface area contributed by atoms with Crippen LogP contribution in [0.4, 0.5) is 23.2 Å². The molecule has 1 aromatic heterocycles. The topological polar surface area (TPSA) is 147 Å². The fraction of sp³-hybridized carbons (Fsp3) is 0.486. The molecule has 2 aliphatic carbocycles. The smallest absolute Gasteiger partial charge is 0.416 e. The van der Waals surface area contributed by atoms with Gasteiger partial charge >= 0.3 is 6.18 Å². The van der Waals surface area contributed by atoms with Crippen LogP contribution >= 0.6 is 11.3 Å². The van der Waals surface area contributed by atoms with Crippen molar-refractivity contribution in [3.63, 3.8) is 0 Å². The van der Waals surface area contributed by atoms with Crippen molar-refractivity contribution in [1.82, 2.24) is 19.9 Å². The standard InChI is InChI=1S/C35H37F4N5O6S2/c36-22-11-14-26-29(16-22)51-33(41-26)50-24-17-28-30(45)42-34(32(47)43-52(48,49)25-12-13-25)18-21(34)7-4-2-1-3-5-10-27(31(46)44(28)19-24)40-23-9-6-8-20(15-23)35(37,38)39/h4,6-9,11,14-16,21,24-25,27-28,40H,1-3,5,10,12-13,17-19H2,(H,42,45)(H,43,47)/b7-4-/t21-,24+,27-,28-,34+/m0/s1. The number of carbonyl (C=O) groups excluding carboxylic acids is 3. The molecule has 0 bridgehead atoms. The molecule has 0 radical (unpaired) electrons. The second-order valence-electron chi connectivity index (χ2n) is 13.9. The van der Waals surface area contributed by atoms with Crippen molar-refractivity contribution in [2.24, 2.45) is 5.92 Å². The van der Waals surface area contributed by atoms with Gasteiger partial charge in [-0.25, -0.2) is 17.8 Å². The Bertz CT molecular complexity index is 2020. The van der Waals surface area contributed by atoms with Gasteiger partial charge in [-0.2, -0.15) is 13.2 Å². The first-order valence-corrected chi connectivity index (χ1v) is 19.6. The first kappa shape index (κ1) is 36.1. The third-order valence-corrected chi connectivity index (χ3v) is 12.7. The van der Waals surface area contributed by atoms with Crippen molar-refractivity contribution >= 4 is 55.0 Å². The molecule has 278 valence electrons. The highest BCUT2D eigenvalue weighted by molar-refractivity contribution is 7.91. The number of thiazole rings is 1. The molecular formula is C35H37F4N5O6S2. The Morgan fingerprint density at radius 1 is 1.08 bits per heavy atom. The molecule has 17 heteroatoms. The van der Waals surface area contributed by atoms with Crippen LogP contribution in [0.3, 0.4) is 0 Å². The SMILES string of the molecule is O=C1N[C@]2(C(=O)NS(=O)(=O)C3CC3)C[C@@H]2/C=C\CCCCC[C@H](Nc2cccc(C(F)(F)F)c2)C(=O)N2C[C@H](Oc3nc4ccc(F)cc4s3)C[C@@H]12. The number of carbonyl (C=O) groups is 3. The Hall–Kier alpha value is -4.25. The maximum absolute atomic E-state index is 14.4. The van der Waals surface area contributed by atoms with Crippen LogP contribution in [0, 0.1) is 11.7 Å². The van der Waals surface area contributed by atoms with E-state index in [0.29, 0.717) is 42.3 Å². The molecule has 0 spiro atoms. The fourth-order valence-electron chi connectivity index (χ4n) is 6.90. The molecule has 0 unspecified atom stereocenters. The molecular weight excluding hydrogens is 727 g/mol. The minimum atomic E-state index is -4.60. The molecule has 4 aliphatic rings. The van der Waals surface area contributed by atoms with E-state index >= 15 is 0 Å². The number of alkyl halides is 3. The monoisotopic (exact) mass is 763 g/mol. The van der Waals surface area contributed by atoms with Gasteiger partial charge in [-0.15, -0.1) is 0 Å². The number of fused-ring (bicyclic) bond motifs is 3. The van der Waals surface area contributed by atoms with Gasteiger partial charge in [-0.05, 0) is 74.9 Å². The van der Waals surface area contributed by atoms with Gasteiger partial charge in [-0.1, -0.05) is 42.4 Å². The quantitative estimate of drug-likeness (QED) is 0.218. The number of ether oxygens (including phenoxy) is 1. The number of rotatable bonds is 7. The number of nitrogens with one attached hydrogen (secondary N) is 3. The number of aromatic nitrogens is 1. The normalized spacial score (nSPS) is 27.8. The van der Waals surface area contributed by atoms with Crippen molar-refractivity contribution in [2.45, 2.75) is 92.9 Å². The van der Waals surface area contributed by atoms with Gasteiger partial charge < -0.3 is 20.3 Å². The van der Waals surface area contributed by atoms with Crippen molar-refractivity contribution in [1.29, 1.82) is 0 Å². The third kappa shape index (κ3) is 7.75. The maximum Gasteiger partial charge on any atom is 0.416 e. The van der Waals surface area contributed by atoms with Crippen LogP contribution in [0.2, 0.25) is 0 Å². The van der Waals surface area contributed by atoms with Crippen LogP contribution in [-0.4, -0.2) is 71.5 Å². The molecule has 5 atom stereocenters. The Morgan fingerprint density at radius 2 is 1.88 bits per heavy atom. The summed E-state index contributed by atoms with van der Waals surface area (Å²) in [4.78, 5) is 48.0. The average molecular weight is 764 g/mol. The van der Waals surface area contributed by atoms with Crippen molar-refractivity contribution in [3.8, 4) is 5.19 Å². The van der Waals surface area contributed by atoms with Crippen molar-refractivity contribution < 1.29 is 45.1 Å². The van der Waals surface area contributed by atoms with Gasteiger partial charge in [0, 0.05) is 18.0 Å². The van der Waals surface area contributed by atoms with Crippen molar-refractivity contribution in [2.75, 3.05) is 11.9 Å². The van der Waals surface area contributed by atoms with Gasteiger partial charge in [0.15, 0.2) is 0 Å². The largest absolute Gasteiger partial charge is 0.465 e. The van der Waals surface area contributed by atoms with E-state index in [9.17, 15) is 40.4 Å². The summed E-state index contributed by atoms with van der Waals surface area (Å²) in [5.74, 6) is -3.03. The van der Waals surface area contributed by atoms with E-state index in [0.717, 1.165) is 29.9 Å². The van der Waals surface area contributed by atoms with Crippen LogP contribution in [0.5, 0.6) is 5.19 Å². The number of benzene rings is 2. The molecule has 2 saturated carbocycles. The molecule has 52 heavy (non-hydrogen) atoms. The molecule has 3 amide bonds. The molecule has 1 saturated heterocycles. The molecule has 3 aromatic rings. The van der Waals surface area contributed by atoms with E-state index in [1.165, 1.54) is 35.2 Å². The average Bonchev–Trinajstić information content (AvgIpc) is 3.98. The Labute approximate surface area is 301 Å². The van der Waals surface area contributed by atoms with Gasteiger partial charge in [-0.3, -0.25) is 19.1 Å². The number of amides is 3. The first-order chi connectivity index (χ1) is 24.7. The number of allylic oxidation sites excluding steroid dienone is 1. The summed E-state index contributed by atoms with van der Waals surface area (Å²) in [6.45, 7) is -0.0967. The van der Waals surface area contributed by atoms with Gasteiger partial charge in [0.2, 0.25) is 21.8 Å². The van der Waals surface area contributed by atoms with Crippen molar-refractivity contribution in [3.05, 3.63) is 66.0 Å². The predicted molar refractivity (Wildman–Crippen MR) is 184 cm³/mol. The number of hydrogen-bond acceptors (Lipinski definition) is 9. The van der Waals surface area contributed by atoms with E-state index in [1.807, 2.05) is 6.08 Å². The lowest BCUT2D eigenvalue weighted by Crippen LogP contribution is -2.57. The van der Waals surface area contributed by atoms with Crippen LogP contribution in [-0.2, 0) is 30.6 Å². The highest BCUT2D eigenvalue weighted by atomic mass is 32.2.